The minimum atomic E-state index is -3.63. The molecule has 0 spiro atoms. The molecule has 4 rings (SSSR count). The largest absolute Gasteiger partial charge is 0.420 e. The third kappa shape index (κ3) is 4.03. The number of amides is 1. The van der Waals surface area contributed by atoms with Gasteiger partial charge in [-0.05, 0) is 49.4 Å². The monoisotopic (exact) mass is 443 g/mol. The van der Waals surface area contributed by atoms with Crippen LogP contribution in [-0.4, -0.2) is 36.3 Å². The molecule has 31 heavy (non-hydrogen) atoms. The lowest BCUT2D eigenvalue weighted by Crippen LogP contribution is -2.27. The Hall–Kier alpha value is -2.91. The summed E-state index contributed by atoms with van der Waals surface area (Å²) in [4.78, 5) is 25.2. The Bertz CT molecular complexity index is 1300. The molecule has 0 unspecified atom stereocenters. The van der Waals surface area contributed by atoms with Crippen LogP contribution in [0.25, 0.3) is 11.1 Å². The van der Waals surface area contributed by atoms with Crippen molar-refractivity contribution in [1.29, 1.82) is 0 Å². The van der Waals surface area contributed by atoms with Crippen LogP contribution in [0.4, 0.5) is 5.69 Å². The maximum absolute atomic E-state index is 12.8. The van der Waals surface area contributed by atoms with Gasteiger partial charge in [0, 0.05) is 24.8 Å². The van der Waals surface area contributed by atoms with Gasteiger partial charge in [0.05, 0.1) is 10.4 Å². The number of aryl methyl sites for hydroxylation is 2. The fourth-order valence-corrected chi connectivity index (χ4v) is 5.49. The molecule has 1 fully saturated rings. The number of rotatable bonds is 6. The van der Waals surface area contributed by atoms with Gasteiger partial charge in [-0.2, -0.15) is 4.31 Å². The highest BCUT2D eigenvalue weighted by Gasteiger charge is 2.28. The summed E-state index contributed by atoms with van der Waals surface area (Å²) in [6.07, 6.45) is 2.44. The number of nitrogens with zero attached hydrogens (tertiary/aromatic N) is 2. The Balaban J connectivity index is 1.61. The fourth-order valence-electron chi connectivity index (χ4n) is 3.96. The standard InChI is InChI=1S/C22H25N3O5S/c1-3-16-8-6-7-15(2)21(16)23-20(26)14-25-18-10-9-17(13-19(18)30-22(25)27)31(28,29)24-11-4-5-12-24/h6-10,13H,3-5,11-12,14H2,1-2H3,(H,23,26). The summed E-state index contributed by atoms with van der Waals surface area (Å²) in [6.45, 7) is 4.67. The molecule has 0 aliphatic carbocycles. The summed E-state index contributed by atoms with van der Waals surface area (Å²) in [5.41, 5.74) is 3.21. The Morgan fingerprint density at radius 2 is 1.90 bits per heavy atom. The van der Waals surface area contributed by atoms with Gasteiger partial charge in [0.2, 0.25) is 15.9 Å². The molecule has 0 bridgehead atoms. The lowest BCUT2D eigenvalue weighted by Gasteiger charge is -2.15. The highest BCUT2D eigenvalue weighted by Crippen LogP contribution is 2.25. The molecule has 0 radical (unpaired) electrons. The third-order valence-electron chi connectivity index (χ3n) is 5.65. The molecule has 9 heteroatoms. The summed E-state index contributed by atoms with van der Waals surface area (Å²) < 4.78 is 33.5. The first-order chi connectivity index (χ1) is 14.8. The second-order valence-corrected chi connectivity index (χ2v) is 9.64. The van der Waals surface area contributed by atoms with E-state index in [2.05, 4.69) is 5.32 Å². The van der Waals surface area contributed by atoms with Crippen LogP contribution >= 0.6 is 0 Å². The number of oxazole rings is 1. The summed E-state index contributed by atoms with van der Waals surface area (Å²) >= 11 is 0. The first-order valence-electron chi connectivity index (χ1n) is 10.3. The smallest absolute Gasteiger partial charge is 0.408 e. The van der Waals surface area contributed by atoms with Crippen LogP contribution in [0.5, 0.6) is 0 Å². The van der Waals surface area contributed by atoms with Crippen molar-refractivity contribution in [3.05, 3.63) is 58.1 Å². The van der Waals surface area contributed by atoms with Gasteiger partial charge in [0.15, 0.2) is 5.58 Å². The lowest BCUT2D eigenvalue weighted by atomic mass is 10.1. The molecule has 3 aromatic rings. The van der Waals surface area contributed by atoms with Crippen molar-refractivity contribution >= 4 is 32.7 Å². The molecule has 1 aromatic heterocycles. The van der Waals surface area contributed by atoms with E-state index >= 15 is 0 Å². The first-order valence-corrected chi connectivity index (χ1v) is 11.8. The van der Waals surface area contributed by atoms with Crippen LogP contribution in [0.3, 0.4) is 0 Å². The molecule has 0 atom stereocenters. The van der Waals surface area contributed by atoms with Gasteiger partial charge < -0.3 is 9.73 Å². The van der Waals surface area contributed by atoms with Crippen molar-refractivity contribution in [1.82, 2.24) is 8.87 Å². The van der Waals surface area contributed by atoms with E-state index in [1.54, 1.807) is 0 Å². The molecular formula is C22H25N3O5S. The molecule has 1 saturated heterocycles. The Morgan fingerprint density at radius 3 is 2.61 bits per heavy atom. The summed E-state index contributed by atoms with van der Waals surface area (Å²) in [5.74, 6) is -1.07. The van der Waals surface area contributed by atoms with E-state index in [-0.39, 0.29) is 22.9 Å². The summed E-state index contributed by atoms with van der Waals surface area (Å²) in [6, 6.07) is 10.1. The molecule has 8 nitrogen and oxygen atoms in total. The van der Waals surface area contributed by atoms with Crippen LogP contribution in [0.2, 0.25) is 0 Å². The minimum Gasteiger partial charge on any atom is -0.408 e. The van der Waals surface area contributed by atoms with E-state index in [0.717, 1.165) is 36.1 Å². The van der Waals surface area contributed by atoms with Crippen LogP contribution < -0.4 is 11.1 Å². The normalized spacial score (nSPS) is 14.9. The van der Waals surface area contributed by atoms with Crippen molar-refractivity contribution < 1.29 is 17.6 Å². The summed E-state index contributed by atoms with van der Waals surface area (Å²) in [5, 5.41) is 2.89. The van der Waals surface area contributed by atoms with Gasteiger partial charge in [-0.25, -0.2) is 13.2 Å². The minimum absolute atomic E-state index is 0.0831. The zero-order valence-corrected chi connectivity index (χ0v) is 18.4. The number of sulfonamides is 1. The molecule has 1 aliphatic rings. The topological polar surface area (TPSA) is 102 Å². The average molecular weight is 444 g/mol. The van der Waals surface area contributed by atoms with Gasteiger partial charge in [-0.3, -0.25) is 9.36 Å². The van der Waals surface area contributed by atoms with Crippen LogP contribution in [0, 0.1) is 6.92 Å². The van der Waals surface area contributed by atoms with Gasteiger partial charge in [0.1, 0.15) is 6.54 Å². The van der Waals surface area contributed by atoms with Crippen molar-refractivity contribution in [2.24, 2.45) is 0 Å². The summed E-state index contributed by atoms with van der Waals surface area (Å²) in [7, 11) is -3.63. The van der Waals surface area contributed by atoms with Gasteiger partial charge in [-0.1, -0.05) is 25.1 Å². The number of hydrogen-bond acceptors (Lipinski definition) is 5. The number of carbonyl (C=O) groups is 1. The van der Waals surface area contributed by atoms with E-state index in [0.29, 0.717) is 18.6 Å². The van der Waals surface area contributed by atoms with Crippen molar-refractivity contribution in [3.8, 4) is 0 Å². The molecular weight excluding hydrogens is 418 g/mol. The molecule has 0 saturated carbocycles. The molecule has 1 aliphatic heterocycles. The highest BCUT2D eigenvalue weighted by molar-refractivity contribution is 7.89. The van der Waals surface area contributed by atoms with Crippen LogP contribution in [0.15, 0.2) is 50.5 Å². The van der Waals surface area contributed by atoms with E-state index in [9.17, 15) is 18.0 Å². The zero-order chi connectivity index (χ0) is 22.2. The van der Waals surface area contributed by atoms with E-state index < -0.39 is 15.8 Å². The number of para-hydroxylation sites is 1. The quantitative estimate of drug-likeness (QED) is 0.631. The Labute approximate surface area is 180 Å². The zero-order valence-electron chi connectivity index (χ0n) is 17.6. The van der Waals surface area contributed by atoms with Gasteiger partial charge in [-0.15, -0.1) is 0 Å². The predicted molar refractivity (Wildman–Crippen MR) is 118 cm³/mol. The SMILES string of the molecule is CCc1cccc(C)c1NC(=O)Cn1c(=O)oc2cc(S(=O)(=O)N3CCCC3)ccc21. The maximum atomic E-state index is 12.8. The van der Waals surface area contributed by atoms with E-state index in [1.807, 2.05) is 32.0 Å². The lowest BCUT2D eigenvalue weighted by molar-refractivity contribution is -0.116. The number of hydrogen-bond donors (Lipinski definition) is 1. The average Bonchev–Trinajstić information content (AvgIpc) is 3.38. The number of aromatic nitrogens is 1. The Kier molecular flexibility index (Phi) is 5.72. The van der Waals surface area contributed by atoms with Crippen molar-refractivity contribution in [2.45, 2.75) is 44.6 Å². The molecule has 2 heterocycles. The fraction of sp³-hybridized carbons (Fsp3) is 0.364. The van der Waals surface area contributed by atoms with Gasteiger partial charge in [0.25, 0.3) is 0 Å². The van der Waals surface area contributed by atoms with Crippen LogP contribution in [-0.2, 0) is 27.8 Å². The number of fused-ring (bicyclic) bond motifs is 1. The second kappa shape index (κ2) is 8.32. The van der Waals surface area contributed by atoms with Crippen molar-refractivity contribution in [3.63, 3.8) is 0 Å². The molecule has 1 amide bonds. The van der Waals surface area contributed by atoms with Gasteiger partial charge >= 0.3 is 5.76 Å². The Morgan fingerprint density at radius 1 is 1.16 bits per heavy atom. The third-order valence-corrected chi connectivity index (χ3v) is 7.54. The maximum Gasteiger partial charge on any atom is 0.420 e. The number of benzene rings is 2. The number of nitrogens with one attached hydrogen (secondary N) is 1. The number of anilines is 1. The number of carbonyl (C=O) groups excluding carboxylic acids is 1. The highest BCUT2D eigenvalue weighted by atomic mass is 32.2. The first kappa shape index (κ1) is 21.3. The van der Waals surface area contributed by atoms with Crippen LogP contribution in [0.1, 0.15) is 30.9 Å². The molecule has 1 N–H and O–H groups in total. The second-order valence-electron chi connectivity index (χ2n) is 7.71. The molecule has 2 aromatic carbocycles. The van der Waals surface area contributed by atoms with Crippen molar-refractivity contribution in [2.75, 3.05) is 18.4 Å². The molecule has 164 valence electrons. The predicted octanol–water partition coefficient (Wildman–Crippen LogP) is 2.89. The van der Waals surface area contributed by atoms with E-state index in [4.69, 9.17) is 4.42 Å². The van der Waals surface area contributed by atoms with E-state index in [1.165, 1.54) is 27.1 Å².